The van der Waals surface area contributed by atoms with Crippen LogP contribution in [0.4, 0.5) is 0 Å². The van der Waals surface area contributed by atoms with Gasteiger partial charge in [-0.3, -0.25) is 4.79 Å². The number of pyridine rings is 1. The number of H-pyrrole nitrogens is 1. The second-order valence-corrected chi connectivity index (χ2v) is 2.72. The number of aliphatic hydroxyl groups is 1. The third-order valence-electron chi connectivity index (χ3n) is 1.65. The Bertz CT molecular complexity index is 319. The van der Waals surface area contributed by atoms with Gasteiger partial charge in [-0.2, -0.15) is 0 Å². The number of aliphatic hydroxyl groups excluding tert-OH is 1. The molecule has 0 bridgehead atoms. The van der Waals surface area contributed by atoms with Crippen molar-refractivity contribution in [3.8, 4) is 5.75 Å². The van der Waals surface area contributed by atoms with Crippen molar-refractivity contribution in [2.24, 2.45) is 0 Å². The highest BCUT2D eigenvalue weighted by atomic mass is 16.5. The first-order chi connectivity index (χ1) is 6.25. The van der Waals surface area contributed by atoms with Crippen LogP contribution in [0.1, 0.15) is 12.1 Å². The molecule has 0 fully saturated rings. The van der Waals surface area contributed by atoms with Gasteiger partial charge in [0.25, 0.3) is 0 Å². The minimum absolute atomic E-state index is 0.0732. The Labute approximate surface area is 76.2 Å². The Kier molecular flexibility index (Phi) is 3.52. The molecule has 0 atom stereocenters. The zero-order chi connectivity index (χ0) is 9.68. The van der Waals surface area contributed by atoms with Crippen LogP contribution in [-0.2, 0) is 0 Å². The summed E-state index contributed by atoms with van der Waals surface area (Å²) in [6.07, 6.45) is 2.12. The van der Waals surface area contributed by atoms with Crippen molar-refractivity contribution in [2.45, 2.75) is 13.3 Å². The molecular formula is C9H13NO3. The minimum atomic E-state index is -0.130. The van der Waals surface area contributed by atoms with Gasteiger partial charge in [-0.25, -0.2) is 0 Å². The van der Waals surface area contributed by atoms with E-state index in [-0.39, 0.29) is 12.0 Å². The summed E-state index contributed by atoms with van der Waals surface area (Å²) in [7, 11) is 0. The van der Waals surface area contributed by atoms with E-state index < -0.39 is 0 Å². The Morgan fingerprint density at radius 1 is 1.62 bits per heavy atom. The highest BCUT2D eigenvalue weighted by molar-refractivity contribution is 5.25. The van der Waals surface area contributed by atoms with Gasteiger partial charge in [0.15, 0.2) is 5.75 Å². The van der Waals surface area contributed by atoms with Crippen LogP contribution in [0, 0.1) is 6.92 Å². The van der Waals surface area contributed by atoms with Gasteiger partial charge >= 0.3 is 0 Å². The molecule has 0 aliphatic rings. The lowest BCUT2D eigenvalue weighted by Crippen LogP contribution is -2.11. The Morgan fingerprint density at radius 3 is 3.00 bits per heavy atom. The van der Waals surface area contributed by atoms with Crippen LogP contribution in [0.15, 0.2) is 17.1 Å². The predicted molar refractivity (Wildman–Crippen MR) is 49.0 cm³/mol. The first-order valence-electron chi connectivity index (χ1n) is 4.17. The molecule has 1 aromatic rings. The lowest BCUT2D eigenvalue weighted by atomic mass is 10.3. The average Bonchev–Trinajstić information content (AvgIpc) is 2.10. The average molecular weight is 183 g/mol. The van der Waals surface area contributed by atoms with Gasteiger partial charge in [0.05, 0.1) is 12.3 Å². The number of aromatic amines is 1. The number of aromatic nitrogens is 1. The molecule has 0 spiro atoms. The molecule has 0 aliphatic heterocycles. The Balaban J connectivity index is 2.70. The smallest absolute Gasteiger partial charge is 0.223 e. The van der Waals surface area contributed by atoms with E-state index in [1.807, 2.05) is 0 Å². The monoisotopic (exact) mass is 183 g/mol. The molecule has 1 aromatic heterocycles. The maximum atomic E-state index is 11.2. The zero-order valence-electron chi connectivity index (χ0n) is 7.54. The zero-order valence-corrected chi connectivity index (χ0v) is 7.54. The van der Waals surface area contributed by atoms with E-state index in [0.717, 1.165) is 0 Å². The van der Waals surface area contributed by atoms with Crippen molar-refractivity contribution in [1.29, 1.82) is 0 Å². The number of hydrogen-bond acceptors (Lipinski definition) is 3. The number of hydrogen-bond donors (Lipinski definition) is 2. The largest absolute Gasteiger partial charge is 0.488 e. The van der Waals surface area contributed by atoms with Crippen LogP contribution < -0.4 is 10.2 Å². The quantitative estimate of drug-likeness (QED) is 0.666. The lowest BCUT2D eigenvalue weighted by Gasteiger charge is -2.06. The minimum Gasteiger partial charge on any atom is -0.488 e. The highest BCUT2D eigenvalue weighted by Crippen LogP contribution is 2.07. The molecule has 1 heterocycles. The van der Waals surface area contributed by atoms with Gasteiger partial charge in [0, 0.05) is 25.3 Å². The lowest BCUT2D eigenvalue weighted by molar-refractivity contribution is 0.231. The fraction of sp³-hybridized carbons (Fsp3) is 0.444. The fourth-order valence-corrected chi connectivity index (χ4v) is 0.987. The van der Waals surface area contributed by atoms with Crippen LogP contribution in [0.3, 0.4) is 0 Å². The molecule has 2 N–H and O–H groups in total. The molecule has 0 aromatic carbocycles. The van der Waals surface area contributed by atoms with Crippen molar-refractivity contribution >= 4 is 0 Å². The summed E-state index contributed by atoms with van der Waals surface area (Å²) in [6, 6.07) is 1.42. The van der Waals surface area contributed by atoms with Crippen molar-refractivity contribution in [3.63, 3.8) is 0 Å². The summed E-state index contributed by atoms with van der Waals surface area (Å²) in [5.41, 5.74) is 0.583. The molecule has 0 amide bonds. The molecular weight excluding hydrogens is 170 g/mol. The predicted octanol–water partition coefficient (Wildman–Crippen LogP) is 0.445. The van der Waals surface area contributed by atoms with E-state index in [4.69, 9.17) is 9.84 Å². The topological polar surface area (TPSA) is 62.3 Å². The molecule has 0 saturated heterocycles. The van der Waals surface area contributed by atoms with Gasteiger partial charge in [-0.1, -0.05) is 0 Å². The van der Waals surface area contributed by atoms with E-state index in [9.17, 15) is 4.79 Å². The molecule has 72 valence electrons. The molecule has 4 heteroatoms. The number of nitrogens with one attached hydrogen (secondary N) is 1. The van der Waals surface area contributed by atoms with Crippen LogP contribution in [-0.4, -0.2) is 23.3 Å². The van der Waals surface area contributed by atoms with Crippen LogP contribution >= 0.6 is 0 Å². The van der Waals surface area contributed by atoms with Gasteiger partial charge in [-0.15, -0.1) is 0 Å². The molecule has 0 radical (unpaired) electrons. The van der Waals surface area contributed by atoms with E-state index in [0.29, 0.717) is 24.5 Å². The second-order valence-electron chi connectivity index (χ2n) is 2.72. The normalized spacial score (nSPS) is 10.0. The summed E-state index contributed by atoms with van der Waals surface area (Å²) in [6.45, 7) is 2.21. The standard InChI is InChI=1S/C9H13NO3/c1-7-9(13-6-2-5-11)8(12)3-4-10-7/h3-4,11H,2,5-6H2,1H3,(H,10,12). The SMILES string of the molecule is Cc1[nH]ccc(=O)c1OCCCO. The van der Waals surface area contributed by atoms with Crippen LogP contribution in [0.2, 0.25) is 0 Å². The fourth-order valence-electron chi connectivity index (χ4n) is 0.987. The van der Waals surface area contributed by atoms with Gasteiger partial charge < -0.3 is 14.8 Å². The Morgan fingerprint density at radius 2 is 2.38 bits per heavy atom. The molecule has 1 rings (SSSR count). The van der Waals surface area contributed by atoms with Gasteiger partial charge in [-0.05, 0) is 6.92 Å². The summed E-state index contributed by atoms with van der Waals surface area (Å²) >= 11 is 0. The van der Waals surface area contributed by atoms with Crippen molar-refractivity contribution in [3.05, 3.63) is 28.2 Å². The first-order valence-corrected chi connectivity index (χ1v) is 4.17. The molecule has 4 nitrogen and oxygen atoms in total. The van der Waals surface area contributed by atoms with Crippen molar-refractivity contribution in [1.82, 2.24) is 4.98 Å². The van der Waals surface area contributed by atoms with E-state index >= 15 is 0 Å². The van der Waals surface area contributed by atoms with E-state index in [2.05, 4.69) is 4.98 Å². The maximum Gasteiger partial charge on any atom is 0.223 e. The number of aryl methyl sites for hydroxylation is 1. The molecule has 0 unspecified atom stereocenters. The highest BCUT2D eigenvalue weighted by Gasteiger charge is 2.02. The summed E-state index contributed by atoms with van der Waals surface area (Å²) in [4.78, 5) is 14.1. The molecule has 0 saturated carbocycles. The third kappa shape index (κ3) is 2.59. The van der Waals surface area contributed by atoms with Crippen molar-refractivity contribution < 1.29 is 9.84 Å². The van der Waals surface area contributed by atoms with Gasteiger partial charge in [0.1, 0.15) is 0 Å². The third-order valence-corrected chi connectivity index (χ3v) is 1.65. The first kappa shape index (κ1) is 9.80. The van der Waals surface area contributed by atoms with Gasteiger partial charge in [0.2, 0.25) is 5.43 Å². The summed E-state index contributed by atoms with van der Waals surface area (Å²) in [5.74, 6) is 0.343. The second kappa shape index (κ2) is 4.67. The number of rotatable bonds is 4. The van der Waals surface area contributed by atoms with E-state index in [1.54, 1.807) is 13.1 Å². The molecule has 13 heavy (non-hydrogen) atoms. The molecule has 0 aliphatic carbocycles. The van der Waals surface area contributed by atoms with E-state index in [1.165, 1.54) is 6.07 Å². The van der Waals surface area contributed by atoms with Crippen LogP contribution in [0.5, 0.6) is 5.75 Å². The summed E-state index contributed by atoms with van der Waals surface area (Å²) < 4.78 is 5.20. The maximum absolute atomic E-state index is 11.2. The Hall–Kier alpha value is -1.29. The summed E-state index contributed by atoms with van der Waals surface area (Å²) in [5, 5.41) is 8.52. The van der Waals surface area contributed by atoms with Crippen LogP contribution in [0.25, 0.3) is 0 Å². The van der Waals surface area contributed by atoms with Crippen molar-refractivity contribution in [2.75, 3.05) is 13.2 Å². The number of ether oxygens (including phenoxy) is 1.